The molecule has 0 spiro atoms. The minimum absolute atomic E-state index is 0.0451. The number of methoxy groups -OCH3 is 1. The van der Waals surface area contributed by atoms with Crippen LogP contribution >= 0.6 is 0 Å². The van der Waals surface area contributed by atoms with Crippen LogP contribution in [-0.2, 0) is 6.54 Å². The number of benzene rings is 3. The van der Waals surface area contributed by atoms with Gasteiger partial charge in [0.15, 0.2) is 0 Å². The Labute approximate surface area is 173 Å². The molecule has 2 N–H and O–H groups in total. The number of carboxylic acid groups (broad SMARTS) is 1. The number of carbonyl (C=O) groups excluding carboxylic acids is 1. The normalized spacial score (nSPS) is 10.7. The molecule has 0 saturated heterocycles. The number of para-hydroxylation sites is 2. The Bertz CT molecular complexity index is 1230. The van der Waals surface area contributed by atoms with Crippen molar-refractivity contribution in [3.05, 3.63) is 95.7 Å². The van der Waals surface area contributed by atoms with Gasteiger partial charge in [-0.25, -0.2) is 4.79 Å². The molecule has 0 bridgehead atoms. The quantitative estimate of drug-likeness (QED) is 0.494. The number of anilines is 1. The lowest BCUT2D eigenvalue weighted by atomic mass is 10.1. The third-order valence-electron chi connectivity index (χ3n) is 4.95. The van der Waals surface area contributed by atoms with Gasteiger partial charge in [-0.05, 0) is 42.0 Å². The molecule has 1 heterocycles. The van der Waals surface area contributed by atoms with E-state index in [1.807, 2.05) is 59.2 Å². The summed E-state index contributed by atoms with van der Waals surface area (Å²) in [7, 11) is 1.62. The van der Waals surface area contributed by atoms with Gasteiger partial charge in [-0.15, -0.1) is 0 Å². The Morgan fingerprint density at radius 3 is 2.40 bits per heavy atom. The fraction of sp³-hybridized carbons (Fsp3) is 0.0833. The fourth-order valence-corrected chi connectivity index (χ4v) is 3.45. The number of hydrogen-bond donors (Lipinski definition) is 2. The van der Waals surface area contributed by atoms with Crippen LogP contribution in [0.4, 0.5) is 5.69 Å². The third-order valence-corrected chi connectivity index (χ3v) is 4.95. The summed E-state index contributed by atoms with van der Waals surface area (Å²) in [4.78, 5) is 24.6. The van der Waals surface area contributed by atoms with Gasteiger partial charge in [0, 0.05) is 17.4 Å². The van der Waals surface area contributed by atoms with Crippen molar-refractivity contribution < 1.29 is 19.4 Å². The van der Waals surface area contributed by atoms with Gasteiger partial charge in [-0.1, -0.05) is 42.5 Å². The van der Waals surface area contributed by atoms with Crippen molar-refractivity contribution in [2.24, 2.45) is 0 Å². The molecule has 4 aromatic rings. The summed E-state index contributed by atoms with van der Waals surface area (Å²) in [5, 5.41) is 13.1. The van der Waals surface area contributed by atoms with Crippen molar-refractivity contribution in [2.75, 3.05) is 12.4 Å². The first-order valence-corrected chi connectivity index (χ1v) is 9.41. The number of hydrogen-bond acceptors (Lipinski definition) is 3. The molecule has 0 saturated carbocycles. The topological polar surface area (TPSA) is 80.6 Å². The first-order chi connectivity index (χ1) is 14.6. The van der Waals surface area contributed by atoms with Crippen LogP contribution in [0.3, 0.4) is 0 Å². The number of carboxylic acids is 1. The number of amides is 1. The van der Waals surface area contributed by atoms with Crippen LogP contribution in [0.25, 0.3) is 10.9 Å². The highest BCUT2D eigenvalue weighted by molar-refractivity contribution is 6.09. The lowest BCUT2D eigenvalue weighted by Gasteiger charge is -2.13. The highest BCUT2D eigenvalue weighted by Gasteiger charge is 2.18. The number of aromatic carboxylic acids is 1. The minimum atomic E-state index is -1.09. The Morgan fingerprint density at radius 2 is 1.67 bits per heavy atom. The predicted molar refractivity (Wildman–Crippen MR) is 115 cm³/mol. The second-order valence-corrected chi connectivity index (χ2v) is 6.83. The average Bonchev–Trinajstić information content (AvgIpc) is 3.13. The summed E-state index contributed by atoms with van der Waals surface area (Å²) < 4.78 is 7.14. The predicted octanol–water partition coefficient (Wildman–Crippen LogP) is 4.65. The summed E-state index contributed by atoms with van der Waals surface area (Å²) in [6.07, 6.45) is 0. The molecule has 0 atom stereocenters. The molecule has 0 aliphatic rings. The summed E-state index contributed by atoms with van der Waals surface area (Å²) in [5.41, 5.74) is 2.69. The Balaban J connectivity index is 1.72. The molecule has 0 aliphatic carbocycles. The van der Waals surface area contributed by atoms with Gasteiger partial charge >= 0.3 is 5.97 Å². The molecule has 1 aromatic heterocycles. The van der Waals surface area contributed by atoms with Crippen LogP contribution in [0, 0.1) is 0 Å². The molecule has 6 heteroatoms. The number of carbonyl (C=O) groups is 2. The smallest absolute Gasteiger partial charge is 0.337 e. The second kappa shape index (κ2) is 8.13. The van der Waals surface area contributed by atoms with Gasteiger partial charge in [-0.3, -0.25) is 4.79 Å². The van der Waals surface area contributed by atoms with Crippen LogP contribution in [0.2, 0.25) is 0 Å². The zero-order chi connectivity index (χ0) is 21.1. The first-order valence-electron chi connectivity index (χ1n) is 9.41. The van der Waals surface area contributed by atoms with Crippen LogP contribution in [0.15, 0.2) is 78.9 Å². The number of fused-ring (bicyclic) bond motifs is 1. The molecular formula is C24H20N2O4. The van der Waals surface area contributed by atoms with E-state index in [1.54, 1.807) is 25.3 Å². The lowest BCUT2D eigenvalue weighted by molar-refractivity contribution is 0.0698. The van der Waals surface area contributed by atoms with Crippen molar-refractivity contribution >= 4 is 28.5 Å². The molecular weight excluding hydrogens is 380 g/mol. The Morgan fingerprint density at radius 1 is 0.967 bits per heavy atom. The van der Waals surface area contributed by atoms with Gasteiger partial charge in [0.2, 0.25) is 0 Å². The standard InChI is InChI=1S/C24H20N2O4/c1-30-18-12-10-16(11-13-18)15-26-21-9-5-2-6-17(21)14-22(26)23(27)25-20-8-4-3-7-19(20)24(28)29/h2-14H,15H2,1H3,(H,25,27)(H,28,29). The second-order valence-electron chi connectivity index (χ2n) is 6.83. The van der Waals surface area contributed by atoms with E-state index in [0.29, 0.717) is 12.2 Å². The molecule has 0 unspecified atom stereocenters. The maximum Gasteiger partial charge on any atom is 0.337 e. The molecule has 0 fully saturated rings. The van der Waals surface area contributed by atoms with Gasteiger partial charge in [0.05, 0.1) is 18.4 Å². The zero-order valence-electron chi connectivity index (χ0n) is 16.3. The largest absolute Gasteiger partial charge is 0.497 e. The highest BCUT2D eigenvalue weighted by Crippen LogP contribution is 2.24. The van der Waals surface area contributed by atoms with Crippen LogP contribution in [-0.4, -0.2) is 28.7 Å². The van der Waals surface area contributed by atoms with E-state index < -0.39 is 5.97 Å². The average molecular weight is 400 g/mol. The van der Waals surface area contributed by atoms with Gasteiger partial charge in [0.1, 0.15) is 11.4 Å². The fourth-order valence-electron chi connectivity index (χ4n) is 3.45. The Hall–Kier alpha value is -4.06. The Kier molecular flexibility index (Phi) is 5.22. The summed E-state index contributed by atoms with van der Waals surface area (Å²) in [6, 6.07) is 23.6. The number of rotatable bonds is 6. The van der Waals surface area contributed by atoms with Crippen molar-refractivity contribution in [1.82, 2.24) is 4.57 Å². The summed E-state index contributed by atoms with van der Waals surface area (Å²) in [6.45, 7) is 0.487. The minimum Gasteiger partial charge on any atom is -0.497 e. The first kappa shape index (κ1) is 19.3. The SMILES string of the molecule is COc1ccc(Cn2c(C(=O)Nc3ccccc3C(=O)O)cc3ccccc32)cc1. The number of nitrogens with zero attached hydrogens (tertiary/aromatic N) is 1. The molecule has 150 valence electrons. The molecule has 3 aromatic carbocycles. The summed E-state index contributed by atoms with van der Waals surface area (Å²) in [5.74, 6) is -0.697. The van der Waals surface area contributed by atoms with Gasteiger partial charge in [0.25, 0.3) is 5.91 Å². The van der Waals surface area contributed by atoms with E-state index in [-0.39, 0.29) is 17.2 Å². The van der Waals surface area contributed by atoms with E-state index in [4.69, 9.17) is 4.74 Å². The van der Waals surface area contributed by atoms with Gasteiger partial charge in [-0.2, -0.15) is 0 Å². The molecule has 30 heavy (non-hydrogen) atoms. The van der Waals surface area contributed by atoms with Crippen molar-refractivity contribution in [2.45, 2.75) is 6.54 Å². The molecule has 6 nitrogen and oxygen atoms in total. The lowest BCUT2D eigenvalue weighted by Crippen LogP contribution is -2.19. The number of nitrogens with one attached hydrogen (secondary N) is 1. The molecule has 1 amide bonds. The monoisotopic (exact) mass is 400 g/mol. The summed E-state index contributed by atoms with van der Waals surface area (Å²) >= 11 is 0. The zero-order valence-corrected chi connectivity index (χ0v) is 16.3. The number of aromatic nitrogens is 1. The van der Waals surface area contributed by atoms with Gasteiger partial charge < -0.3 is 19.7 Å². The number of ether oxygens (including phenoxy) is 1. The van der Waals surface area contributed by atoms with Crippen molar-refractivity contribution in [3.63, 3.8) is 0 Å². The maximum atomic E-state index is 13.1. The van der Waals surface area contributed by atoms with E-state index >= 15 is 0 Å². The van der Waals surface area contributed by atoms with E-state index in [2.05, 4.69) is 5.32 Å². The van der Waals surface area contributed by atoms with Crippen LogP contribution in [0.1, 0.15) is 26.4 Å². The van der Waals surface area contributed by atoms with Crippen molar-refractivity contribution in [1.29, 1.82) is 0 Å². The molecule has 0 aliphatic heterocycles. The van der Waals surface area contributed by atoms with Crippen LogP contribution < -0.4 is 10.1 Å². The maximum absolute atomic E-state index is 13.1. The third kappa shape index (κ3) is 3.75. The van der Waals surface area contributed by atoms with E-state index in [9.17, 15) is 14.7 Å². The highest BCUT2D eigenvalue weighted by atomic mass is 16.5. The van der Waals surface area contributed by atoms with E-state index in [0.717, 1.165) is 22.2 Å². The van der Waals surface area contributed by atoms with Crippen molar-refractivity contribution in [3.8, 4) is 5.75 Å². The molecule has 0 radical (unpaired) electrons. The molecule has 4 rings (SSSR count). The van der Waals surface area contributed by atoms with Crippen LogP contribution in [0.5, 0.6) is 5.75 Å². The van der Waals surface area contributed by atoms with E-state index in [1.165, 1.54) is 6.07 Å².